The summed E-state index contributed by atoms with van der Waals surface area (Å²) in [4.78, 5) is 17.4. The van der Waals surface area contributed by atoms with Crippen LogP contribution in [0.5, 0.6) is 0 Å². The second-order valence-corrected chi connectivity index (χ2v) is 6.34. The van der Waals surface area contributed by atoms with Gasteiger partial charge in [-0.3, -0.25) is 4.79 Å². The molecule has 0 fully saturated rings. The van der Waals surface area contributed by atoms with E-state index in [4.69, 9.17) is 0 Å². The van der Waals surface area contributed by atoms with Crippen molar-refractivity contribution in [1.82, 2.24) is 14.9 Å². The summed E-state index contributed by atoms with van der Waals surface area (Å²) in [6.45, 7) is 1.33. The molecular weight excluding hydrogens is 306 g/mol. The number of benzene rings is 1. The van der Waals surface area contributed by atoms with E-state index in [2.05, 4.69) is 39.1 Å². The monoisotopic (exact) mass is 325 g/mol. The molecule has 0 spiro atoms. The van der Waals surface area contributed by atoms with Gasteiger partial charge in [-0.05, 0) is 23.4 Å². The number of aryl methyl sites for hydroxylation is 2. The summed E-state index contributed by atoms with van der Waals surface area (Å²) in [5.41, 5.74) is 1.30. The number of nitrogens with one attached hydrogen (secondary N) is 1. The molecule has 1 aromatic carbocycles. The molecule has 1 amide bonds. The number of thiophene rings is 1. The van der Waals surface area contributed by atoms with E-state index in [0.717, 1.165) is 23.7 Å². The van der Waals surface area contributed by atoms with Gasteiger partial charge in [-0.25, -0.2) is 4.98 Å². The summed E-state index contributed by atoms with van der Waals surface area (Å²) >= 11 is 1.60. The summed E-state index contributed by atoms with van der Waals surface area (Å²) in [5.74, 6) is 0.922. The molecular formula is C18H19N3OS. The van der Waals surface area contributed by atoms with E-state index in [1.807, 2.05) is 29.8 Å². The molecule has 0 radical (unpaired) electrons. The average molecular weight is 325 g/mol. The van der Waals surface area contributed by atoms with Crippen LogP contribution in [0.3, 0.4) is 0 Å². The van der Waals surface area contributed by atoms with Crippen molar-refractivity contribution in [3.05, 3.63) is 76.5 Å². The predicted molar refractivity (Wildman–Crippen MR) is 92.2 cm³/mol. The lowest BCUT2D eigenvalue weighted by molar-refractivity contribution is -0.120. The zero-order valence-corrected chi connectivity index (χ0v) is 13.6. The molecule has 0 atom stereocenters. The number of aromatic nitrogens is 2. The molecule has 1 N–H and O–H groups in total. The Hall–Kier alpha value is -2.40. The van der Waals surface area contributed by atoms with Crippen molar-refractivity contribution in [3.63, 3.8) is 0 Å². The van der Waals surface area contributed by atoms with Crippen LogP contribution in [0.15, 0.2) is 60.2 Å². The third-order valence-electron chi connectivity index (χ3n) is 3.64. The second kappa shape index (κ2) is 7.74. The highest BCUT2D eigenvalue weighted by Crippen LogP contribution is 2.09. The minimum absolute atomic E-state index is 0.0325. The SMILES string of the molecule is O=C(Cc1cccs1)NCc1nccn1CCc1ccccc1. The van der Waals surface area contributed by atoms with Crippen LogP contribution in [-0.2, 0) is 30.7 Å². The van der Waals surface area contributed by atoms with E-state index < -0.39 is 0 Å². The molecule has 0 aliphatic heterocycles. The van der Waals surface area contributed by atoms with Gasteiger partial charge in [-0.2, -0.15) is 0 Å². The van der Waals surface area contributed by atoms with Crippen LogP contribution in [0.1, 0.15) is 16.3 Å². The highest BCUT2D eigenvalue weighted by Gasteiger charge is 2.07. The smallest absolute Gasteiger partial charge is 0.225 e. The van der Waals surface area contributed by atoms with Crippen molar-refractivity contribution < 1.29 is 4.79 Å². The second-order valence-electron chi connectivity index (χ2n) is 5.31. The molecule has 0 bridgehead atoms. The Kier molecular flexibility index (Phi) is 5.21. The fourth-order valence-corrected chi connectivity index (χ4v) is 3.12. The van der Waals surface area contributed by atoms with Crippen molar-refractivity contribution in [2.24, 2.45) is 0 Å². The molecule has 23 heavy (non-hydrogen) atoms. The first-order chi connectivity index (χ1) is 11.3. The van der Waals surface area contributed by atoms with Crippen LogP contribution in [0.2, 0.25) is 0 Å². The zero-order valence-electron chi connectivity index (χ0n) is 12.8. The fourth-order valence-electron chi connectivity index (χ4n) is 2.42. The van der Waals surface area contributed by atoms with Crippen molar-refractivity contribution in [2.45, 2.75) is 25.9 Å². The van der Waals surface area contributed by atoms with Gasteiger partial charge in [0, 0.05) is 23.8 Å². The third-order valence-corrected chi connectivity index (χ3v) is 4.52. The number of imidazole rings is 1. The van der Waals surface area contributed by atoms with Crippen LogP contribution in [-0.4, -0.2) is 15.5 Å². The largest absolute Gasteiger partial charge is 0.349 e. The summed E-state index contributed by atoms with van der Waals surface area (Å²) in [6, 6.07) is 14.3. The average Bonchev–Trinajstić information content (AvgIpc) is 3.23. The molecule has 0 saturated heterocycles. The summed E-state index contributed by atoms with van der Waals surface area (Å²) < 4.78 is 2.10. The lowest BCUT2D eigenvalue weighted by atomic mass is 10.1. The minimum atomic E-state index is 0.0325. The van der Waals surface area contributed by atoms with Crippen LogP contribution in [0.25, 0.3) is 0 Å². The topological polar surface area (TPSA) is 46.9 Å². The van der Waals surface area contributed by atoms with E-state index in [-0.39, 0.29) is 5.91 Å². The zero-order chi connectivity index (χ0) is 15.9. The Morgan fingerprint density at radius 3 is 2.83 bits per heavy atom. The quantitative estimate of drug-likeness (QED) is 0.726. The van der Waals surface area contributed by atoms with Gasteiger partial charge in [-0.1, -0.05) is 36.4 Å². The van der Waals surface area contributed by atoms with Gasteiger partial charge in [0.15, 0.2) is 0 Å². The van der Waals surface area contributed by atoms with Gasteiger partial charge in [-0.15, -0.1) is 11.3 Å². The van der Waals surface area contributed by atoms with E-state index >= 15 is 0 Å². The van der Waals surface area contributed by atoms with Crippen LogP contribution in [0, 0.1) is 0 Å². The van der Waals surface area contributed by atoms with Gasteiger partial charge in [0.2, 0.25) is 5.91 Å². The Morgan fingerprint density at radius 1 is 1.17 bits per heavy atom. The Labute approximate surface area is 139 Å². The molecule has 3 aromatic rings. The maximum atomic E-state index is 12.0. The molecule has 0 aliphatic carbocycles. The highest BCUT2D eigenvalue weighted by atomic mass is 32.1. The first-order valence-electron chi connectivity index (χ1n) is 7.64. The van der Waals surface area contributed by atoms with Gasteiger partial charge in [0.25, 0.3) is 0 Å². The van der Waals surface area contributed by atoms with E-state index in [0.29, 0.717) is 13.0 Å². The van der Waals surface area contributed by atoms with Gasteiger partial charge >= 0.3 is 0 Å². The maximum Gasteiger partial charge on any atom is 0.225 e. The number of carbonyl (C=O) groups is 1. The van der Waals surface area contributed by atoms with Crippen LogP contribution >= 0.6 is 11.3 Å². The number of nitrogens with zero attached hydrogens (tertiary/aromatic N) is 2. The van der Waals surface area contributed by atoms with E-state index in [9.17, 15) is 4.79 Å². The molecule has 118 valence electrons. The lowest BCUT2D eigenvalue weighted by Crippen LogP contribution is -2.26. The number of hydrogen-bond acceptors (Lipinski definition) is 3. The molecule has 2 heterocycles. The van der Waals surface area contributed by atoms with E-state index in [1.54, 1.807) is 17.5 Å². The van der Waals surface area contributed by atoms with Gasteiger partial charge in [0.05, 0.1) is 13.0 Å². The number of amides is 1. The van der Waals surface area contributed by atoms with Crippen molar-refractivity contribution in [1.29, 1.82) is 0 Å². The third kappa shape index (κ3) is 4.53. The standard InChI is InChI=1S/C18H19N3OS/c22-18(13-16-7-4-12-23-16)20-14-17-19-9-11-21(17)10-8-15-5-2-1-3-6-15/h1-7,9,11-12H,8,10,13-14H2,(H,20,22). The molecule has 0 aliphatic rings. The van der Waals surface area contributed by atoms with Crippen molar-refractivity contribution >= 4 is 17.2 Å². The van der Waals surface area contributed by atoms with Crippen LogP contribution in [0.4, 0.5) is 0 Å². The van der Waals surface area contributed by atoms with Crippen molar-refractivity contribution in [2.75, 3.05) is 0 Å². The molecule has 5 heteroatoms. The molecule has 0 unspecified atom stereocenters. The highest BCUT2D eigenvalue weighted by molar-refractivity contribution is 7.10. The predicted octanol–water partition coefficient (Wildman–Crippen LogP) is 3.05. The Morgan fingerprint density at radius 2 is 2.04 bits per heavy atom. The van der Waals surface area contributed by atoms with Crippen LogP contribution < -0.4 is 5.32 Å². The lowest BCUT2D eigenvalue weighted by Gasteiger charge is -2.09. The van der Waals surface area contributed by atoms with Gasteiger partial charge < -0.3 is 9.88 Å². The summed E-state index contributed by atoms with van der Waals surface area (Å²) in [5, 5.41) is 4.93. The number of carbonyl (C=O) groups excluding carboxylic acids is 1. The van der Waals surface area contributed by atoms with E-state index in [1.165, 1.54) is 5.56 Å². The molecule has 3 rings (SSSR count). The normalized spacial score (nSPS) is 10.6. The maximum absolute atomic E-state index is 12.0. The summed E-state index contributed by atoms with van der Waals surface area (Å²) in [7, 11) is 0. The fraction of sp³-hybridized carbons (Fsp3) is 0.222. The first kappa shape index (κ1) is 15.5. The first-order valence-corrected chi connectivity index (χ1v) is 8.52. The molecule has 0 saturated carbocycles. The summed E-state index contributed by atoms with van der Waals surface area (Å²) in [6.07, 6.45) is 5.13. The number of rotatable bonds is 7. The molecule has 2 aromatic heterocycles. The molecule has 4 nitrogen and oxygen atoms in total. The number of hydrogen-bond donors (Lipinski definition) is 1. The van der Waals surface area contributed by atoms with Gasteiger partial charge in [0.1, 0.15) is 5.82 Å². The Balaban J connectivity index is 1.51. The minimum Gasteiger partial charge on any atom is -0.349 e. The Bertz CT molecular complexity index is 735. The van der Waals surface area contributed by atoms with Crippen molar-refractivity contribution in [3.8, 4) is 0 Å².